The first-order valence-corrected chi connectivity index (χ1v) is 29.3. The highest BCUT2D eigenvalue weighted by Gasteiger charge is 2.63. The minimum Gasteiger partial charge on any atom is -0.463 e. The second-order valence-electron chi connectivity index (χ2n) is 14.4. The molecule has 0 amide bonds. The number of ether oxygens (including phenoxy) is 3. The van der Waals surface area contributed by atoms with E-state index in [1.54, 1.807) is 13.8 Å². The van der Waals surface area contributed by atoms with E-state index in [2.05, 4.69) is 72.1 Å². The van der Waals surface area contributed by atoms with Gasteiger partial charge in [0.25, 0.3) is 0 Å². The molecule has 37 heavy (non-hydrogen) atoms. The molecule has 5 atom stereocenters. The number of hydrogen-bond donors (Lipinski definition) is 0. The molecule has 3 fully saturated rings. The van der Waals surface area contributed by atoms with Gasteiger partial charge >= 0.3 is 17.9 Å². The lowest BCUT2D eigenvalue weighted by Gasteiger charge is -2.57. The summed E-state index contributed by atoms with van der Waals surface area (Å²) in [5.74, 6) is -0.0620. The summed E-state index contributed by atoms with van der Waals surface area (Å²) in [6.45, 7) is 32.9. The molecule has 5 unspecified atom stereocenters. The van der Waals surface area contributed by atoms with Gasteiger partial charge in [0.15, 0.2) is 0 Å². The first-order chi connectivity index (χ1) is 16.7. The van der Waals surface area contributed by atoms with Crippen LogP contribution in [0.5, 0.6) is 0 Å². The van der Waals surface area contributed by atoms with Crippen LogP contribution in [0.3, 0.4) is 0 Å². The SMILES string of the molecule is C=C(C)C(=O)OC1C2CC3C(=O)OC1C3C2.C=C(C)C(=O)OCC[Si]([Si](C)(C)C)([Si](C)(C)C)[Si](C)(C)C. The van der Waals surface area contributed by atoms with Gasteiger partial charge in [-0.2, -0.15) is 0 Å². The summed E-state index contributed by atoms with van der Waals surface area (Å²) >= 11 is 0. The number of fused-ring (bicyclic) bond motifs is 1. The van der Waals surface area contributed by atoms with Crippen molar-refractivity contribution < 1.29 is 28.6 Å². The molecule has 0 N–H and O–H groups in total. The first kappa shape index (κ1) is 32.0. The van der Waals surface area contributed by atoms with E-state index in [0.29, 0.717) is 23.7 Å². The zero-order valence-electron chi connectivity index (χ0n) is 25.1. The fraction of sp³-hybridized carbons (Fsp3) is 0.741. The molecule has 2 bridgehead atoms. The van der Waals surface area contributed by atoms with Crippen molar-refractivity contribution in [2.45, 2.75) is 104 Å². The normalized spacial score (nSPS) is 26.7. The van der Waals surface area contributed by atoms with Crippen LogP contribution in [0.2, 0.25) is 65.0 Å². The van der Waals surface area contributed by atoms with E-state index in [1.165, 1.54) is 6.04 Å². The van der Waals surface area contributed by atoms with Crippen molar-refractivity contribution >= 4 is 47.3 Å². The fourth-order valence-corrected chi connectivity index (χ4v) is 106. The average Bonchev–Trinajstić information content (AvgIpc) is 3.33. The van der Waals surface area contributed by atoms with Crippen LogP contribution in [0.25, 0.3) is 0 Å². The molecular formula is C27H50O6Si4. The largest absolute Gasteiger partial charge is 0.463 e. The maximum Gasteiger partial charge on any atom is 0.333 e. The number of carbonyl (C=O) groups is 3. The summed E-state index contributed by atoms with van der Waals surface area (Å²) in [6.07, 6.45) is 1.33. The molecule has 3 rings (SSSR count). The minimum absolute atomic E-state index is 0.0646. The molecule has 2 aliphatic carbocycles. The quantitative estimate of drug-likeness (QED) is 0.147. The molecule has 1 aliphatic heterocycles. The van der Waals surface area contributed by atoms with Gasteiger partial charge < -0.3 is 14.2 Å². The third-order valence-corrected chi connectivity index (χ3v) is 83.3. The molecule has 10 heteroatoms. The lowest BCUT2D eigenvalue weighted by Crippen LogP contribution is -2.82. The van der Waals surface area contributed by atoms with Gasteiger partial charge in [0.05, 0.1) is 12.5 Å². The number of esters is 3. The Hall–Kier alpha value is -1.24. The van der Waals surface area contributed by atoms with Gasteiger partial charge in [0, 0.05) is 52.4 Å². The van der Waals surface area contributed by atoms with Crippen molar-refractivity contribution in [3.8, 4) is 0 Å². The van der Waals surface area contributed by atoms with Crippen molar-refractivity contribution in [3.05, 3.63) is 24.3 Å². The Balaban J connectivity index is 0.000000267. The van der Waals surface area contributed by atoms with Crippen molar-refractivity contribution in [3.63, 3.8) is 0 Å². The van der Waals surface area contributed by atoms with Gasteiger partial charge in [-0.15, -0.1) is 0 Å². The molecule has 0 radical (unpaired) electrons. The minimum atomic E-state index is -1.39. The molecule has 6 nitrogen and oxygen atoms in total. The van der Waals surface area contributed by atoms with Gasteiger partial charge in [0.1, 0.15) is 12.2 Å². The van der Waals surface area contributed by atoms with Crippen molar-refractivity contribution in [2.24, 2.45) is 17.8 Å². The third-order valence-electron chi connectivity index (χ3n) is 8.91. The highest BCUT2D eigenvalue weighted by molar-refractivity contribution is 7.89. The highest BCUT2D eigenvalue weighted by Crippen LogP contribution is 2.55. The van der Waals surface area contributed by atoms with Crippen LogP contribution in [-0.4, -0.2) is 66.1 Å². The molecule has 0 spiro atoms. The van der Waals surface area contributed by atoms with Crippen LogP contribution in [-0.2, 0) is 28.6 Å². The van der Waals surface area contributed by atoms with Crippen LogP contribution in [0, 0.1) is 17.8 Å². The van der Waals surface area contributed by atoms with Gasteiger partial charge in [-0.25, -0.2) is 9.59 Å². The average molecular weight is 583 g/mol. The van der Waals surface area contributed by atoms with Gasteiger partial charge in [0.2, 0.25) is 0 Å². The Labute approximate surface area is 228 Å². The van der Waals surface area contributed by atoms with Crippen LogP contribution in [0.1, 0.15) is 26.7 Å². The zero-order chi connectivity index (χ0) is 28.7. The first-order valence-electron chi connectivity index (χ1n) is 13.6. The van der Waals surface area contributed by atoms with E-state index < -0.39 is 29.4 Å². The Morgan fingerprint density at radius 1 is 0.865 bits per heavy atom. The standard InChI is InChI=1S/C15H36O2Si4.C12H14O4/c1-14(2)15(16)17-12-13-21(18(3,4)5,19(6,7)8)20(9,10)11;1-5(2)11(13)15-9-6-3-7-8(4-6)12(14)16-10(7)9/h1,12-13H2,2-11H3;6-10H,1,3-4H2,2H3. The van der Waals surface area contributed by atoms with E-state index in [4.69, 9.17) is 14.2 Å². The zero-order valence-corrected chi connectivity index (χ0v) is 29.1. The number of carbonyl (C=O) groups excluding carboxylic acids is 3. The number of rotatable bonds is 9. The molecule has 0 aromatic carbocycles. The summed E-state index contributed by atoms with van der Waals surface area (Å²) in [7, 11) is -3.78. The molecule has 0 aromatic heterocycles. The summed E-state index contributed by atoms with van der Waals surface area (Å²) < 4.78 is 16.2. The molecule has 1 heterocycles. The summed E-state index contributed by atoms with van der Waals surface area (Å²) in [4.78, 5) is 34.7. The number of hydrogen-bond acceptors (Lipinski definition) is 6. The second kappa shape index (κ2) is 11.1. The van der Waals surface area contributed by atoms with Crippen molar-refractivity contribution in [1.82, 2.24) is 0 Å². The van der Waals surface area contributed by atoms with Gasteiger partial charge in [-0.1, -0.05) is 72.1 Å². The summed E-state index contributed by atoms with van der Waals surface area (Å²) in [6, 6.07) is 1.17. The van der Waals surface area contributed by atoms with E-state index in [-0.39, 0.29) is 42.0 Å². The smallest absolute Gasteiger partial charge is 0.333 e. The van der Waals surface area contributed by atoms with Crippen molar-refractivity contribution in [1.29, 1.82) is 0 Å². The van der Waals surface area contributed by atoms with Gasteiger partial charge in [-0.05, 0) is 32.7 Å². The lowest BCUT2D eigenvalue weighted by molar-refractivity contribution is -0.158. The van der Waals surface area contributed by atoms with Crippen LogP contribution < -0.4 is 0 Å². The topological polar surface area (TPSA) is 78.9 Å². The Kier molecular flexibility index (Phi) is 9.58. The highest BCUT2D eigenvalue weighted by atomic mass is 29.9. The van der Waals surface area contributed by atoms with Crippen LogP contribution in [0.4, 0.5) is 0 Å². The maximum atomic E-state index is 11.7. The molecular weight excluding hydrogens is 533 g/mol. The Morgan fingerprint density at radius 2 is 1.35 bits per heavy atom. The van der Waals surface area contributed by atoms with Gasteiger partial charge in [-0.3, -0.25) is 4.79 Å². The van der Waals surface area contributed by atoms with E-state index in [1.807, 2.05) is 0 Å². The Bertz CT molecular complexity index is 904. The second-order valence-corrected chi connectivity index (χ2v) is 55.9. The monoisotopic (exact) mass is 582 g/mol. The fourth-order valence-electron chi connectivity index (χ4n) is 8.21. The molecule has 0 aromatic rings. The molecule has 2 saturated carbocycles. The summed E-state index contributed by atoms with van der Waals surface area (Å²) in [5, 5.41) is 0. The predicted molar refractivity (Wildman–Crippen MR) is 161 cm³/mol. The molecule has 210 valence electrons. The summed E-state index contributed by atoms with van der Waals surface area (Å²) in [5.41, 5.74) is 0.903. The van der Waals surface area contributed by atoms with E-state index in [0.717, 1.165) is 12.8 Å². The van der Waals surface area contributed by atoms with Crippen molar-refractivity contribution in [2.75, 3.05) is 6.61 Å². The van der Waals surface area contributed by atoms with E-state index in [9.17, 15) is 14.4 Å². The molecule has 3 aliphatic rings. The predicted octanol–water partition coefficient (Wildman–Crippen LogP) is 5.86. The molecule has 1 saturated heterocycles. The van der Waals surface area contributed by atoms with E-state index >= 15 is 0 Å². The van der Waals surface area contributed by atoms with Crippen LogP contribution >= 0.6 is 0 Å². The third kappa shape index (κ3) is 6.33. The lowest BCUT2D eigenvalue weighted by atomic mass is 9.88. The van der Waals surface area contributed by atoms with Crippen LogP contribution in [0.15, 0.2) is 24.3 Å². The Morgan fingerprint density at radius 3 is 1.78 bits per heavy atom. The maximum absolute atomic E-state index is 11.7.